The van der Waals surface area contributed by atoms with E-state index in [1.165, 1.54) is 0 Å². The molecule has 0 radical (unpaired) electrons. The van der Waals surface area contributed by atoms with E-state index in [1.807, 2.05) is 19.9 Å². The number of nitriles is 1. The second-order valence-electron chi connectivity index (χ2n) is 6.99. The van der Waals surface area contributed by atoms with Crippen LogP contribution in [0.4, 0.5) is 13.2 Å². The molecule has 0 saturated carbocycles. The highest BCUT2D eigenvalue weighted by Gasteiger charge is 2.29. The highest BCUT2D eigenvalue weighted by Crippen LogP contribution is 2.30. The van der Waals surface area contributed by atoms with E-state index >= 15 is 0 Å². The maximum absolute atomic E-state index is 14.6. The van der Waals surface area contributed by atoms with Gasteiger partial charge in [-0.15, -0.1) is 0 Å². The molecule has 1 unspecified atom stereocenters. The van der Waals surface area contributed by atoms with E-state index in [0.717, 1.165) is 4.47 Å². The van der Waals surface area contributed by atoms with Crippen LogP contribution in [0.25, 0.3) is 0 Å². The first kappa shape index (κ1) is 22.9. The summed E-state index contributed by atoms with van der Waals surface area (Å²) in [6.45, 7) is 3.62. The first-order chi connectivity index (χ1) is 13.7. The van der Waals surface area contributed by atoms with Crippen molar-refractivity contribution >= 4 is 21.8 Å². The second kappa shape index (κ2) is 10.4. The largest absolute Gasteiger partial charge is 0.342 e. The minimum absolute atomic E-state index is 0.0915. The van der Waals surface area contributed by atoms with Crippen LogP contribution in [0.15, 0.2) is 40.9 Å². The van der Waals surface area contributed by atoms with E-state index in [1.54, 1.807) is 24.3 Å². The Bertz CT molecular complexity index is 874. The van der Waals surface area contributed by atoms with Crippen LogP contribution >= 0.6 is 15.9 Å². The molecule has 0 saturated heterocycles. The Balaban J connectivity index is 2.50. The Morgan fingerprint density at radius 3 is 2.24 bits per heavy atom. The molecule has 0 bridgehead atoms. The first-order valence-electron chi connectivity index (χ1n) is 9.03. The van der Waals surface area contributed by atoms with Crippen molar-refractivity contribution in [1.29, 1.82) is 5.26 Å². The van der Waals surface area contributed by atoms with Gasteiger partial charge in [0.15, 0.2) is 0 Å². The number of benzene rings is 2. The molecule has 0 heterocycles. The van der Waals surface area contributed by atoms with Crippen LogP contribution in [0.5, 0.6) is 0 Å². The summed E-state index contributed by atoms with van der Waals surface area (Å²) in [6.07, 6.45) is 0.370. The van der Waals surface area contributed by atoms with Gasteiger partial charge in [0, 0.05) is 22.2 Å². The van der Waals surface area contributed by atoms with Crippen molar-refractivity contribution in [2.75, 3.05) is 6.54 Å². The molecule has 0 aliphatic heterocycles. The second-order valence-corrected chi connectivity index (χ2v) is 7.91. The van der Waals surface area contributed by atoms with Gasteiger partial charge in [-0.2, -0.15) is 5.26 Å². The Morgan fingerprint density at radius 2 is 1.72 bits per heavy atom. The summed E-state index contributed by atoms with van der Waals surface area (Å²) in [5.41, 5.74) is 0.120. The SMILES string of the molecule is CC(C)C[C@H](NC(c1ccc(Br)cc1)c1c(F)cc(F)cc1F)C(=O)NCC#N. The third-order valence-corrected chi connectivity index (χ3v) is 4.80. The zero-order valence-electron chi connectivity index (χ0n) is 16.0. The summed E-state index contributed by atoms with van der Waals surface area (Å²) in [6, 6.07) is 7.91. The summed E-state index contributed by atoms with van der Waals surface area (Å²) >= 11 is 3.31. The van der Waals surface area contributed by atoms with Crippen molar-refractivity contribution in [3.63, 3.8) is 0 Å². The quantitative estimate of drug-likeness (QED) is 0.557. The average molecular weight is 468 g/mol. The highest BCUT2D eigenvalue weighted by atomic mass is 79.9. The van der Waals surface area contributed by atoms with Crippen molar-refractivity contribution in [1.82, 2.24) is 10.6 Å². The van der Waals surface area contributed by atoms with E-state index in [-0.39, 0.29) is 18.0 Å². The Kier molecular flexibility index (Phi) is 8.23. The molecule has 0 aliphatic rings. The minimum atomic E-state index is -1.05. The van der Waals surface area contributed by atoms with Crippen LogP contribution < -0.4 is 10.6 Å². The van der Waals surface area contributed by atoms with Crippen molar-refractivity contribution in [2.24, 2.45) is 5.92 Å². The topological polar surface area (TPSA) is 64.9 Å². The number of hydrogen-bond acceptors (Lipinski definition) is 3. The fourth-order valence-electron chi connectivity index (χ4n) is 3.00. The predicted molar refractivity (Wildman–Crippen MR) is 107 cm³/mol. The molecule has 154 valence electrons. The van der Waals surface area contributed by atoms with Gasteiger partial charge in [-0.05, 0) is 30.0 Å². The Hall–Kier alpha value is -2.37. The number of carbonyl (C=O) groups is 1. The van der Waals surface area contributed by atoms with E-state index < -0.39 is 35.4 Å². The van der Waals surface area contributed by atoms with Crippen LogP contribution in [0.2, 0.25) is 0 Å². The van der Waals surface area contributed by atoms with Crippen LogP contribution in [0, 0.1) is 34.7 Å². The molecule has 4 nitrogen and oxygen atoms in total. The standard InChI is InChI=1S/C21H21BrF3N3O/c1-12(2)9-18(21(29)27-8-7-26)28-20(13-3-5-14(22)6-4-13)19-16(24)10-15(23)11-17(19)25/h3-6,10-12,18,20,28H,8-9H2,1-2H3,(H,27,29)/t18-,20?/m0/s1. The van der Waals surface area contributed by atoms with Crippen molar-refractivity contribution < 1.29 is 18.0 Å². The maximum Gasteiger partial charge on any atom is 0.237 e. The van der Waals surface area contributed by atoms with Crippen molar-refractivity contribution in [3.05, 3.63) is 69.4 Å². The zero-order valence-corrected chi connectivity index (χ0v) is 17.6. The summed E-state index contributed by atoms with van der Waals surface area (Å²) < 4.78 is 43.3. The van der Waals surface area contributed by atoms with E-state index in [4.69, 9.17) is 5.26 Å². The van der Waals surface area contributed by atoms with Crippen molar-refractivity contribution in [2.45, 2.75) is 32.4 Å². The number of amides is 1. The first-order valence-corrected chi connectivity index (χ1v) is 9.82. The minimum Gasteiger partial charge on any atom is -0.342 e. The summed E-state index contributed by atoms with van der Waals surface area (Å²) in [7, 11) is 0. The molecule has 29 heavy (non-hydrogen) atoms. The summed E-state index contributed by atoms with van der Waals surface area (Å²) in [5.74, 6) is -3.49. The predicted octanol–water partition coefficient (Wildman–Crippen LogP) is 4.60. The smallest absolute Gasteiger partial charge is 0.237 e. The van der Waals surface area contributed by atoms with Gasteiger partial charge in [0.1, 0.15) is 24.0 Å². The molecule has 2 N–H and O–H groups in total. The lowest BCUT2D eigenvalue weighted by Gasteiger charge is -2.27. The molecule has 0 aliphatic carbocycles. The highest BCUT2D eigenvalue weighted by molar-refractivity contribution is 9.10. The Labute approximate surface area is 176 Å². The van der Waals surface area contributed by atoms with Crippen LogP contribution in [0.1, 0.15) is 37.4 Å². The van der Waals surface area contributed by atoms with E-state index in [9.17, 15) is 18.0 Å². The fraction of sp³-hybridized carbons (Fsp3) is 0.333. The normalized spacial score (nSPS) is 13.0. The molecule has 0 fully saturated rings. The molecule has 1 amide bonds. The van der Waals surface area contributed by atoms with Crippen LogP contribution in [-0.2, 0) is 4.79 Å². The lowest BCUT2D eigenvalue weighted by molar-refractivity contribution is -0.123. The molecule has 8 heteroatoms. The molecule has 2 aromatic rings. The third-order valence-electron chi connectivity index (χ3n) is 4.27. The van der Waals surface area contributed by atoms with Gasteiger partial charge in [0.05, 0.1) is 18.2 Å². The van der Waals surface area contributed by atoms with Crippen molar-refractivity contribution in [3.8, 4) is 6.07 Å². The maximum atomic E-state index is 14.6. The monoisotopic (exact) mass is 467 g/mol. The number of nitrogens with zero attached hydrogens (tertiary/aromatic N) is 1. The summed E-state index contributed by atoms with van der Waals surface area (Å²) in [4.78, 5) is 12.5. The number of nitrogens with one attached hydrogen (secondary N) is 2. The number of halogens is 4. The lowest BCUT2D eigenvalue weighted by Crippen LogP contribution is -2.47. The Morgan fingerprint density at radius 1 is 1.14 bits per heavy atom. The molecule has 0 aromatic heterocycles. The molecular formula is C21H21BrF3N3O. The van der Waals surface area contributed by atoms with Gasteiger partial charge < -0.3 is 5.32 Å². The van der Waals surface area contributed by atoms with Gasteiger partial charge in [-0.1, -0.05) is 41.9 Å². The van der Waals surface area contributed by atoms with E-state index in [0.29, 0.717) is 24.1 Å². The number of carbonyl (C=O) groups excluding carboxylic acids is 1. The third kappa shape index (κ3) is 6.31. The molecule has 2 atom stereocenters. The van der Waals surface area contributed by atoms with E-state index in [2.05, 4.69) is 26.6 Å². The lowest BCUT2D eigenvalue weighted by atomic mass is 9.94. The van der Waals surface area contributed by atoms with Gasteiger partial charge in [-0.25, -0.2) is 13.2 Å². The van der Waals surface area contributed by atoms with Crippen LogP contribution in [0.3, 0.4) is 0 Å². The fourth-order valence-corrected chi connectivity index (χ4v) is 3.27. The number of rotatable bonds is 8. The van der Waals surface area contributed by atoms with Gasteiger partial charge in [-0.3, -0.25) is 10.1 Å². The molecule has 0 spiro atoms. The molecule has 2 rings (SSSR count). The van der Waals surface area contributed by atoms with Gasteiger partial charge >= 0.3 is 0 Å². The average Bonchev–Trinajstić information content (AvgIpc) is 2.64. The molecule has 2 aromatic carbocycles. The summed E-state index contributed by atoms with van der Waals surface area (Å²) in [5, 5.41) is 14.2. The van der Waals surface area contributed by atoms with Gasteiger partial charge in [0.25, 0.3) is 0 Å². The number of hydrogen-bond donors (Lipinski definition) is 2. The molecular weight excluding hydrogens is 447 g/mol. The van der Waals surface area contributed by atoms with Crippen LogP contribution in [-0.4, -0.2) is 18.5 Å². The van der Waals surface area contributed by atoms with Gasteiger partial charge in [0.2, 0.25) is 5.91 Å². The zero-order chi connectivity index (χ0) is 21.6.